The second-order valence-electron chi connectivity index (χ2n) is 7.96. The summed E-state index contributed by atoms with van der Waals surface area (Å²) in [5.41, 5.74) is 1.07. The number of ketones is 1. The molecule has 0 unspecified atom stereocenters. The van der Waals surface area contributed by atoms with Crippen LogP contribution in [0.25, 0.3) is 0 Å². The first-order valence-electron chi connectivity index (χ1n) is 11.2. The minimum Gasteiger partial charge on any atom is -0.497 e. The van der Waals surface area contributed by atoms with E-state index in [0.29, 0.717) is 16.3 Å². The highest BCUT2D eigenvalue weighted by Crippen LogP contribution is 2.28. The number of hydrogen-bond donors (Lipinski definition) is 1. The van der Waals surface area contributed by atoms with Crippen LogP contribution in [0, 0.1) is 0 Å². The average molecular weight is 535 g/mol. The highest BCUT2D eigenvalue weighted by Gasteiger charge is 2.28. The van der Waals surface area contributed by atoms with Crippen molar-refractivity contribution in [2.45, 2.75) is 4.90 Å². The van der Waals surface area contributed by atoms with Crippen molar-refractivity contribution < 1.29 is 22.7 Å². The summed E-state index contributed by atoms with van der Waals surface area (Å²) in [6, 6.07) is 27.3. The Bertz CT molecular complexity index is 1530. The van der Waals surface area contributed by atoms with Crippen LogP contribution in [0.15, 0.2) is 108 Å². The number of nitrogens with zero attached hydrogens (tertiary/aromatic N) is 1. The summed E-state index contributed by atoms with van der Waals surface area (Å²) in [6.45, 7) is -0.550. The molecule has 1 amide bonds. The number of amides is 1. The summed E-state index contributed by atoms with van der Waals surface area (Å²) in [6.07, 6.45) is 0. The third kappa shape index (κ3) is 5.99. The highest BCUT2D eigenvalue weighted by molar-refractivity contribution is 7.92. The van der Waals surface area contributed by atoms with Crippen LogP contribution >= 0.6 is 11.6 Å². The van der Waals surface area contributed by atoms with Gasteiger partial charge in [0, 0.05) is 22.2 Å². The largest absolute Gasteiger partial charge is 0.497 e. The number of carbonyl (C=O) groups is 2. The van der Waals surface area contributed by atoms with Crippen molar-refractivity contribution in [1.82, 2.24) is 0 Å². The van der Waals surface area contributed by atoms with Crippen molar-refractivity contribution in [3.8, 4) is 5.75 Å². The van der Waals surface area contributed by atoms with Crippen LogP contribution in [0.1, 0.15) is 15.9 Å². The van der Waals surface area contributed by atoms with Crippen molar-refractivity contribution in [2.75, 3.05) is 23.3 Å². The van der Waals surface area contributed by atoms with Gasteiger partial charge in [-0.25, -0.2) is 8.42 Å². The van der Waals surface area contributed by atoms with E-state index in [9.17, 15) is 18.0 Å². The zero-order chi connectivity index (χ0) is 26.4. The molecular formula is C28H23ClN2O5S. The van der Waals surface area contributed by atoms with E-state index in [4.69, 9.17) is 16.3 Å². The Morgan fingerprint density at radius 1 is 0.865 bits per heavy atom. The van der Waals surface area contributed by atoms with Crippen LogP contribution < -0.4 is 14.4 Å². The van der Waals surface area contributed by atoms with Gasteiger partial charge in [-0.05, 0) is 42.5 Å². The van der Waals surface area contributed by atoms with Gasteiger partial charge in [0.05, 0.1) is 23.4 Å². The molecule has 0 aromatic heterocycles. The molecule has 0 fully saturated rings. The molecule has 37 heavy (non-hydrogen) atoms. The summed E-state index contributed by atoms with van der Waals surface area (Å²) < 4.78 is 33.4. The number of halogens is 1. The van der Waals surface area contributed by atoms with Crippen molar-refractivity contribution >= 4 is 44.7 Å². The van der Waals surface area contributed by atoms with E-state index >= 15 is 0 Å². The van der Waals surface area contributed by atoms with E-state index in [0.717, 1.165) is 4.31 Å². The summed E-state index contributed by atoms with van der Waals surface area (Å²) >= 11 is 6.14. The summed E-state index contributed by atoms with van der Waals surface area (Å²) in [4.78, 5) is 26.4. The molecule has 4 aromatic rings. The minimum absolute atomic E-state index is 0.0251. The monoisotopic (exact) mass is 534 g/mol. The quantitative estimate of drug-likeness (QED) is 0.290. The number of rotatable bonds is 9. The Morgan fingerprint density at radius 3 is 2.22 bits per heavy atom. The molecule has 9 heteroatoms. The Hall–Kier alpha value is -4.14. The lowest BCUT2D eigenvalue weighted by Gasteiger charge is -2.24. The van der Waals surface area contributed by atoms with Crippen LogP contribution in [0.3, 0.4) is 0 Å². The number of benzene rings is 4. The zero-order valence-corrected chi connectivity index (χ0v) is 21.4. The average Bonchev–Trinajstić information content (AvgIpc) is 2.93. The fourth-order valence-electron chi connectivity index (χ4n) is 3.68. The summed E-state index contributed by atoms with van der Waals surface area (Å²) in [7, 11) is -2.65. The first-order chi connectivity index (χ1) is 17.8. The lowest BCUT2D eigenvalue weighted by molar-refractivity contribution is -0.114. The predicted molar refractivity (Wildman–Crippen MR) is 144 cm³/mol. The maximum absolute atomic E-state index is 13.6. The number of anilines is 2. The number of methoxy groups -OCH3 is 1. The maximum Gasteiger partial charge on any atom is 0.264 e. The SMILES string of the molecule is COc1cccc(N(CC(=O)Nc2ccc(Cl)cc2C(=O)c2ccccc2)S(=O)(=O)c2ccccc2)c1. The molecular weight excluding hydrogens is 512 g/mol. The Morgan fingerprint density at radius 2 is 1.54 bits per heavy atom. The van der Waals surface area contributed by atoms with Gasteiger partial charge in [-0.2, -0.15) is 0 Å². The zero-order valence-electron chi connectivity index (χ0n) is 19.8. The van der Waals surface area contributed by atoms with Gasteiger partial charge < -0.3 is 10.1 Å². The van der Waals surface area contributed by atoms with Gasteiger partial charge in [-0.15, -0.1) is 0 Å². The second-order valence-corrected chi connectivity index (χ2v) is 10.3. The first kappa shape index (κ1) is 25.9. The molecule has 0 aliphatic carbocycles. The van der Waals surface area contributed by atoms with Crippen LogP contribution in [0.5, 0.6) is 5.75 Å². The molecule has 1 N–H and O–H groups in total. The maximum atomic E-state index is 13.6. The van der Waals surface area contributed by atoms with Crippen molar-refractivity contribution in [3.05, 3.63) is 119 Å². The van der Waals surface area contributed by atoms with Gasteiger partial charge >= 0.3 is 0 Å². The number of sulfonamides is 1. The standard InChI is InChI=1S/C28H23ClN2O5S/c1-36-23-12-8-11-22(18-23)31(37(34,35)24-13-6-3-7-14-24)19-27(32)30-26-16-15-21(29)17-25(26)28(33)20-9-4-2-5-10-20/h2-18H,19H2,1H3,(H,30,32). The van der Waals surface area contributed by atoms with Crippen molar-refractivity contribution in [1.29, 1.82) is 0 Å². The molecule has 0 aliphatic rings. The van der Waals surface area contributed by atoms with Crippen LogP contribution in [0.2, 0.25) is 5.02 Å². The molecule has 0 atom stereocenters. The Kier molecular flexibility index (Phi) is 7.91. The molecule has 7 nitrogen and oxygen atoms in total. The molecule has 4 aromatic carbocycles. The van der Waals surface area contributed by atoms with E-state index in [-0.39, 0.29) is 27.6 Å². The summed E-state index contributed by atoms with van der Waals surface area (Å²) in [5, 5.41) is 3.01. The number of hydrogen-bond acceptors (Lipinski definition) is 5. The first-order valence-corrected chi connectivity index (χ1v) is 13.0. The third-order valence-corrected chi connectivity index (χ3v) is 7.52. The predicted octanol–water partition coefficient (Wildman–Crippen LogP) is 5.41. The smallest absolute Gasteiger partial charge is 0.264 e. The lowest BCUT2D eigenvalue weighted by atomic mass is 10.0. The normalized spacial score (nSPS) is 11.0. The molecule has 0 radical (unpaired) electrons. The summed E-state index contributed by atoms with van der Waals surface area (Å²) in [5.74, 6) is -0.550. The molecule has 188 valence electrons. The fourth-order valence-corrected chi connectivity index (χ4v) is 5.28. The van der Waals surface area contributed by atoms with Crippen molar-refractivity contribution in [3.63, 3.8) is 0 Å². The van der Waals surface area contributed by atoms with Crippen LogP contribution in [-0.4, -0.2) is 33.8 Å². The minimum atomic E-state index is -4.11. The molecule has 0 heterocycles. The highest BCUT2D eigenvalue weighted by atomic mass is 35.5. The van der Waals surface area contributed by atoms with E-state index in [2.05, 4.69) is 5.32 Å². The molecule has 0 aliphatic heterocycles. The molecule has 0 saturated heterocycles. The third-order valence-electron chi connectivity index (χ3n) is 5.50. The van der Waals surface area contributed by atoms with Gasteiger partial charge in [-0.3, -0.25) is 13.9 Å². The topological polar surface area (TPSA) is 92.8 Å². The van der Waals surface area contributed by atoms with Crippen LogP contribution in [-0.2, 0) is 14.8 Å². The van der Waals surface area contributed by atoms with Gasteiger partial charge in [-0.1, -0.05) is 66.2 Å². The second kappa shape index (κ2) is 11.3. The number of nitrogens with one attached hydrogen (secondary N) is 1. The number of carbonyl (C=O) groups excluding carboxylic acids is 2. The van der Waals surface area contributed by atoms with Gasteiger partial charge in [0.15, 0.2) is 5.78 Å². The molecule has 0 saturated carbocycles. The van der Waals surface area contributed by atoms with E-state index in [1.807, 2.05) is 0 Å². The van der Waals surface area contributed by atoms with E-state index in [1.54, 1.807) is 72.8 Å². The fraction of sp³-hybridized carbons (Fsp3) is 0.0714. The van der Waals surface area contributed by atoms with E-state index in [1.165, 1.54) is 37.4 Å². The number of ether oxygens (including phenoxy) is 1. The van der Waals surface area contributed by atoms with Gasteiger partial charge in [0.1, 0.15) is 12.3 Å². The van der Waals surface area contributed by atoms with Crippen molar-refractivity contribution in [2.24, 2.45) is 0 Å². The van der Waals surface area contributed by atoms with Gasteiger partial charge in [0.25, 0.3) is 10.0 Å². The Labute approximate surface area is 220 Å². The van der Waals surface area contributed by atoms with Crippen LogP contribution in [0.4, 0.5) is 11.4 Å². The molecule has 0 spiro atoms. The molecule has 4 rings (SSSR count). The van der Waals surface area contributed by atoms with E-state index < -0.39 is 22.5 Å². The Balaban J connectivity index is 1.68. The lowest BCUT2D eigenvalue weighted by Crippen LogP contribution is -2.38. The van der Waals surface area contributed by atoms with Gasteiger partial charge in [0.2, 0.25) is 5.91 Å². The molecule has 0 bridgehead atoms.